The molecule has 4 N–H and O–H groups in total. The van der Waals surface area contributed by atoms with E-state index < -0.39 is 19.3 Å². The summed E-state index contributed by atoms with van der Waals surface area (Å²) in [6, 6.07) is 6.72. The number of aryl methyl sites for hydroxylation is 1. The monoisotopic (exact) mass is 331 g/mol. The molecule has 0 fully saturated rings. The lowest BCUT2D eigenvalue weighted by Gasteiger charge is -2.29. The molecular formula is C15H18BN3O5. The Morgan fingerprint density at radius 2 is 2.29 bits per heavy atom. The highest BCUT2D eigenvalue weighted by Crippen LogP contribution is 2.32. The second-order valence-corrected chi connectivity index (χ2v) is 5.61. The Balaban J connectivity index is 1.63. The third-order valence-electron chi connectivity index (χ3n) is 3.90. The molecule has 0 spiro atoms. The fraction of sp³-hybridized carbons (Fsp3) is 0.333. The van der Waals surface area contributed by atoms with E-state index in [-0.39, 0.29) is 23.6 Å². The van der Waals surface area contributed by atoms with Crippen LogP contribution in [0.3, 0.4) is 0 Å². The average molecular weight is 331 g/mol. The van der Waals surface area contributed by atoms with Crippen LogP contribution >= 0.6 is 0 Å². The largest absolute Gasteiger partial charge is 0.547 e. The minimum Gasteiger partial charge on any atom is -0.534 e. The van der Waals surface area contributed by atoms with Gasteiger partial charge in [0.05, 0.1) is 5.94 Å². The van der Waals surface area contributed by atoms with Gasteiger partial charge in [0.1, 0.15) is 5.75 Å². The maximum absolute atomic E-state index is 12.0. The molecule has 2 heterocycles. The predicted octanol–water partition coefficient (Wildman–Crippen LogP) is -0.604. The molecule has 0 aliphatic carbocycles. The molecule has 24 heavy (non-hydrogen) atoms. The second kappa shape index (κ2) is 7.04. The van der Waals surface area contributed by atoms with Gasteiger partial charge in [0.2, 0.25) is 5.91 Å². The van der Waals surface area contributed by atoms with Gasteiger partial charge >= 0.3 is 7.12 Å². The molecule has 1 aromatic carbocycles. The molecule has 1 amide bonds. The molecule has 126 valence electrons. The van der Waals surface area contributed by atoms with E-state index in [0.717, 1.165) is 0 Å². The van der Waals surface area contributed by atoms with Crippen molar-refractivity contribution in [3.05, 3.63) is 47.8 Å². The van der Waals surface area contributed by atoms with Crippen molar-refractivity contribution in [2.24, 2.45) is 0 Å². The summed E-state index contributed by atoms with van der Waals surface area (Å²) < 4.78 is 7.04. The van der Waals surface area contributed by atoms with Crippen molar-refractivity contribution in [2.45, 2.75) is 31.6 Å². The maximum Gasteiger partial charge on any atom is 0.547 e. The Kier molecular flexibility index (Phi) is 4.84. The summed E-state index contributed by atoms with van der Waals surface area (Å²) in [5.74, 6) is -0.573. The van der Waals surface area contributed by atoms with Gasteiger partial charge in [-0.2, -0.15) is 5.10 Å². The number of aliphatic hydroxyl groups is 2. The topological polar surface area (TPSA) is 117 Å². The SMILES string of the molecule is O=C(CCn1cccn1)N[C@H]1Cc2cccc(C(O)O)c2OB1O. The predicted molar refractivity (Wildman–Crippen MR) is 84.7 cm³/mol. The third-order valence-corrected chi connectivity index (χ3v) is 3.90. The lowest BCUT2D eigenvalue weighted by atomic mass is 9.72. The Morgan fingerprint density at radius 1 is 1.46 bits per heavy atom. The Hall–Kier alpha value is -2.36. The number of nitrogens with one attached hydrogen (secondary N) is 1. The number of aliphatic hydroxyl groups excluding tert-OH is 1. The van der Waals surface area contributed by atoms with Crippen molar-refractivity contribution in [1.29, 1.82) is 0 Å². The quantitative estimate of drug-likeness (QED) is 0.429. The highest BCUT2D eigenvalue weighted by molar-refractivity contribution is 6.46. The molecule has 0 bridgehead atoms. The van der Waals surface area contributed by atoms with Gasteiger partial charge in [0.15, 0.2) is 6.29 Å². The highest BCUT2D eigenvalue weighted by atomic mass is 16.5. The Morgan fingerprint density at radius 3 is 3.00 bits per heavy atom. The van der Waals surface area contributed by atoms with Crippen molar-refractivity contribution >= 4 is 13.0 Å². The minimum atomic E-state index is -1.69. The first-order valence-corrected chi connectivity index (χ1v) is 7.64. The number of benzene rings is 1. The van der Waals surface area contributed by atoms with Crippen LogP contribution in [0, 0.1) is 0 Å². The van der Waals surface area contributed by atoms with Crippen molar-refractivity contribution in [3.63, 3.8) is 0 Å². The van der Waals surface area contributed by atoms with Crippen LogP contribution in [0.25, 0.3) is 0 Å². The molecular weight excluding hydrogens is 313 g/mol. The third kappa shape index (κ3) is 3.59. The number of hydrogen-bond donors (Lipinski definition) is 4. The van der Waals surface area contributed by atoms with Crippen LogP contribution in [0.5, 0.6) is 5.75 Å². The van der Waals surface area contributed by atoms with Crippen molar-refractivity contribution in [3.8, 4) is 5.75 Å². The fourth-order valence-electron chi connectivity index (χ4n) is 2.70. The summed E-state index contributed by atoms with van der Waals surface area (Å²) in [6.07, 6.45) is 2.29. The van der Waals surface area contributed by atoms with E-state index in [1.165, 1.54) is 6.07 Å². The van der Waals surface area contributed by atoms with Crippen LogP contribution in [0.1, 0.15) is 23.8 Å². The van der Waals surface area contributed by atoms with Gasteiger partial charge in [-0.05, 0) is 18.1 Å². The molecule has 8 nitrogen and oxygen atoms in total. The second-order valence-electron chi connectivity index (χ2n) is 5.61. The zero-order valence-electron chi connectivity index (χ0n) is 12.9. The Bertz CT molecular complexity index is 707. The van der Waals surface area contributed by atoms with Crippen molar-refractivity contribution in [2.75, 3.05) is 0 Å². The van der Waals surface area contributed by atoms with Crippen LogP contribution in [0.15, 0.2) is 36.7 Å². The number of aromatic nitrogens is 2. The van der Waals surface area contributed by atoms with Crippen molar-refractivity contribution < 1.29 is 24.7 Å². The zero-order chi connectivity index (χ0) is 17.1. The van der Waals surface area contributed by atoms with Gasteiger partial charge in [-0.3, -0.25) is 9.48 Å². The Labute approximate surface area is 138 Å². The number of fused-ring (bicyclic) bond motifs is 1. The van der Waals surface area contributed by atoms with E-state index in [9.17, 15) is 20.0 Å². The summed E-state index contributed by atoms with van der Waals surface area (Å²) in [5.41, 5.74) is 0.887. The molecule has 1 aliphatic heterocycles. The highest BCUT2D eigenvalue weighted by Gasteiger charge is 2.37. The van der Waals surface area contributed by atoms with E-state index in [1.807, 2.05) is 0 Å². The number of para-hydroxylation sites is 1. The number of amides is 1. The van der Waals surface area contributed by atoms with Crippen LogP contribution in [0.2, 0.25) is 0 Å². The van der Waals surface area contributed by atoms with Gasteiger partial charge in [0.25, 0.3) is 0 Å². The van der Waals surface area contributed by atoms with E-state index in [2.05, 4.69) is 10.4 Å². The van der Waals surface area contributed by atoms with Gasteiger partial charge in [-0.1, -0.05) is 18.2 Å². The molecule has 1 aliphatic rings. The number of carbonyl (C=O) groups is 1. The standard InChI is InChI=1S/C15H18BN3O5/c20-13(5-8-19-7-2-6-17-19)18-12-9-10-3-1-4-11(15(21)22)14(10)24-16(12)23/h1-4,6-7,12,15,21-23H,5,8-9H2,(H,18,20)/t12-/m0/s1. The normalized spacial score (nSPS) is 16.7. The van der Waals surface area contributed by atoms with Crippen molar-refractivity contribution in [1.82, 2.24) is 15.1 Å². The van der Waals surface area contributed by atoms with Gasteiger partial charge < -0.3 is 25.2 Å². The molecule has 1 aromatic heterocycles. The molecule has 0 saturated carbocycles. The van der Waals surface area contributed by atoms with Crippen LogP contribution in [0.4, 0.5) is 0 Å². The number of carbonyl (C=O) groups excluding carboxylic acids is 1. The van der Waals surface area contributed by atoms with Crippen LogP contribution < -0.4 is 9.97 Å². The maximum atomic E-state index is 12.0. The van der Waals surface area contributed by atoms with E-state index >= 15 is 0 Å². The van der Waals surface area contributed by atoms with Crippen LogP contribution in [-0.4, -0.2) is 44.0 Å². The number of hydrogen-bond acceptors (Lipinski definition) is 6. The molecule has 2 aromatic rings. The summed E-state index contributed by atoms with van der Waals surface area (Å²) >= 11 is 0. The first-order valence-electron chi connectivity index (χ1n) is 7.64. The molecule has 1 atom stereocenters. The van der Waals surface area contributed by atoms with Gasteiger partial charge in [-0.15, -0.1) is 0 Å². The summed E-state index contributed by atoms with van der Waals surface area (Å²) in [7, 11) is -1.26. The number of rotatable bonds is 5. The first kappa shape index (κ1) is 16.5. The van der Waals surface area contributed by atoms with E-state index in [0.29, 0.717) is 18.5 Å². The van der Waals surface area contributed by atoms with E-state index in [1.54, 1.807) is 35.3 Å². The lowest BCUT2D eigenvalue weighted by molar-refractivity contribution is -0.121. The summed E-state index contributed by atoms with van der Waals surface area (Å²) in [6.45, 7) is 0.444. The fourth-order valence-corrected chi connectivity index (χ4v) is 2.70. The van der Waals surface area contributed by atoms with Crippen LogP contribution in [-0.2, 0) is 17.8 Å². The molecule has 9 heteroatoms. The zero-order valence-corrected chi connectivity index (χ0v) is 12.9. The molecule has 0 saturated heterocycles. The molecule has 3 rings (SSSR count). The molecule has 0 radical (unpaired) electrons. The minimum absolute atomic E-state index is 0.190. The lowest BCUT2D eigenvalue weighted by Crippen LogP contribution is -2.53. The summed E-state index contributed by atoms with van der Waals surface area (Å²) in [4.78, 5) is 12.0. The van der Waals surface area contributed by atoms with Gasteiger partial charge in [0, 0.05) is 30.9 Å². The summed E-state index contributed by atoms with van der Waals surface area (Å²) in [5, 5.41) is 35.6. The number of nitrogens with zero attached hydrogens (tertiary/aromatic N) is 2. The first-order chi connectivity index (χ1) is 11.5. The average Bonchev–Trinajstić information content (AvgIpc) is 3.06. The molecule has 0 unspecified atom stereocenters. The van der Waals surface area contributed by atoms with E-state index in [4.69, 9.17) is 4.65 Å². The smallest absolute Gasteiger partial charge is 0.534 e. The van der Waals surface area contributed by atoms with Gasteiger partial charge in [-0.25, -0.2) is 0 Å².